The molecule has 0 aromatic heterocycles. The van der Waals surface area contributed by atoms with Crippen LogP contribution in [0.25, 0.3) is 0 Å². The number of anilines is 1. The van der Waals surface area contributed by atoms with Crippen LogP contribution in [-0.4, -0.2) is 17.5 Å². The van der Waals surface area contributed by atoms with Gasteiger partial charge >= 0.3 is 0 Å². The Morgan fingerprint density at radius 2 is 2.05 bits per heavy atom. The molecule has 19 heavy (non-hydrogen) atoms. The molecule has 0 aliphatic rings. The van der Waals surface area contributed by atoms with Crippen LogP contribution in [0, 0.1) is 11.3 Å². The topological polar surface area (TPSA) is 64.9 Å². The summed E-state index contributed by atoms with van der Waals surface area (Å²) in [6, 6.07) is 6.92. The zero-order valence-corrected chi connectivity index (χ0v) is 13.1. The van der Waals surface area contributed by atoms with Gasteiger partial charge in [-0.2, -0.15) is 5.26 Å². The molecule has 1 amide bonds. The van der Waals surface area contributed by atoms with Crippen molar-refractivity contribution in [2.75, 3.05) is 5.32 Å². The maximum atomic E-state index is 12.0. The largest absolute Gasteiger partial charge is 0.373 e. The standard InChI is InChI=1S/C14H18BrN3O/c1-9(13(19)18-14(2,3)4)17-12-6-5-10(8-16)7-11(12)15/h5-7,9,17H,1-4H3,(H,18,19). The number of carbonyl (C=O) groups excluding carboxylic acids is 1. The third kappa shape index (κ3) is 4.92. The monoisotopic (exact) mass is 323 g/mol. The summed E-state index contributed by atoms with van der Waals surface area (Å²) in [5.74, 6) is -0.0660. The van der Waals surface area contributed by atoms with Crippen LogP contribution in [-0.2, 0) is 4.79 Å². The van der Waals surface area contributed by atoms with Gasteiger partial charge in [0.1, 0.15) is 6.04 Å². The molecule has 0 spiro atoms. The second-order valence-corrected chi connectivity index (χ2v) is 6.27. The molecule has 1 aromatic carbocycles. The smallest absolute Gasteiger partial charge is 0.242 e. The van der Waals surface area contributed by atoms with E-state index in [1.165, 1.54) is 0 Å². The lowest BCUT2D eigenvalue weighted by atomic mass is 10.1. The zero-order valence-electron chi connectivity index (χ0n) is 11.5. The van der Waals surface area contributed by atoms with E-state index in [1.807, 2.05) is 20.8 Å². The average molecular weight is 324 g/mol. The summed E-state index contributed by atoms with van der Waals surface area (Å²) in [4.78, 5) is 12.0. The first-order valence-corrected chi connectivity index (χ1v) is 6.80. The van der Waals surface area contributed by atoms with Crippen molar-refractivity contribution in [1.29, 1.82) is 5.26 Å². The summed E-state index contributed by atoms with van der Waals surface area (Å²) in [5.41, 5.74) is 1.11. The second kappa shape index (κ2) is 6.07. The third-order valence-corrected chi connectivity index (χ3v) is 3.02. The maximum Gasteiger partial charge on any atom is 0.242 e. The minimum atomic E-state index is -0.358. The number of nitrogens with zero attached hydrogens (tertiary/aromatic N) is 1. The number of hydrogen-bond donors (Lipinski definition) is 2. The first-order valence-electron chi connectivity index (χ1n) is 6.01. The molecule has 1 rings (SSSR count). The van der Waals surface area contributed by atoms with Crippen LogP contribution in [0.5, 0.6) is 0 Å². The molecule has 1 atom stereocenters. The second-order valence-electron chi connectivity index (χ2n) is 5.41. The molecule has 0 saturated heterocycles. The number of hydrogen-bond acceptors (Lipinski definition) is 3. The lowest BCUT2D eigenvalue weighted by Gasteiger charge is -2.24. The molecule has 0 fully saturated rings. The van der Waals surface area contributed by atoms with Crippen LogP contribution < -0.4 is 10.6 Å². The highest BCUT2D eigenvalue weighted by Gasteiger charge is 2.19. The first-order chi connectivity index (χ1) is 8.73. The van der Waals surface area contributed by atoms with E-state index in [2.05, 4.69) is 32.6 Å². The molecule has 0 aliphatic carbocycles. The van der Waals surface area contributed by atoms with Crippen LogP contribution in [0.1, 0.15) is 33.3 Å². The van der Waals surface area contributed by atoms with Gasteiger partial charge in [-0.25, -0.2) is 0 Å². The van der Waals surface area contributed by atoms with Crippen LogP contribution in [0.4, 0.5) is 5.69 Å². The van der Waals surface area contributed by atoms with Crippen molar-refractivity contribution >= 4 is 27.5 Å². The van der Waals surface area contributed by atoms with Crippen LogP contribution >= 0.6 is 15.9 Å². The highest BCUT2D eigenvalue weighted by molar-refractivity contribution is 9.10. The Hall–Kier alpha value is -1.54. The Balaban J connectivity index is 2.75. The lowest BCUT2D eigenvalue weighted by molar-refractivity contribution is -0.122. The molecular weight excluding hydrogens is 306 g/mol. The fourth-order valence-corrected chi connectivity index (χ4v) is 1.97. The van der Waals surface area contributed by atoms with E-state index in [-0.39, 0.29) is 17.5 Å². The van der Waals surface area contributed by atoms with E-state index in [0.717, 1.165) is 10.2 Å². The van der Waals surface area contributed by atoms with Crippen molar-refractivity contribution in [2.24, 2.45) is 0 Å². The van der Waals surface area contributed by atoms with Crippen LogP contribution in [0.2, 0.25) is 0 Å². The number of nitrogens with one attached hydrogen (secondary N) is 2. The van der Waals surface area contributed by atoms with Gasteiger partial charge in [0.25, 0.3) is 0 Å². The molecule has 0 aliphatic heterocycles. The molecule has 102 valence electrons. The molecule has 4 nitrogen and oxygen atoms in total. The molecule has 0 bridgehead atoms. The van der Waals surface area contributed by atoms with Crippen LogP contribution in [0.15, 0.2) is 22.7 Å². The molecule has 2 N–H and O–H groups in total. The maximum absolute atomic E-state index is 12.0. The van der Waals surface area contributed by atoms with Gasteiger partial charge in [0.05, 0.1) is 11.6 Å². The number of halogens is 1. The number of amides is 1. The third-order valence-electron chi connectivity index (χ3n) is 2.36. The summed E-state index contributed by atoms with van der Waals surface area (Å²) in [5, 5.41) is 14.8. The van der Waals surface area contributed by atoms with Crippen molar-refractivity contribution in [2.45, 2.75) is 39.3 Å². The summed E-state index contributed by atoms with van der Waals surface area (Å²) in [6.07, 6.45) is 0. The SMILES string of the molecule is CC(Nc1ccc(C#N)cc1Br)C(=O)NC(C)(C)C. The summed E-state index contributed by atoms with van der Waals surface area (Å²) < 4.78 is 0.766. The molecule has 5 heteroatoms. The number of nitriles is 1. The van der Waals surface area contributed by atoms with E-state index in [0.29, 0.717) is 5.56 Å². The minimum absolute atomic E-state index is 0.0660. The van der Waals surface area contributed by atoms with Gasteiger partial charge in [0.2, 0.25) is 5.91 Å². The Labute approximate surface area is 122 Å². The Bertz CT molecular complexity index is 514. The molecule has 0 saturated carbocycles. The number of benzene rings is 1. The van der Waals surface area contributed by atoms with Gasteiger partial charge in [-0.05, 0) is 61.8 Å². The minimum Gasteiger partial charge on any atom is -0.373 e. The zero-order chi connectivity index (χ0) is 14.6. The normalized spacial score (nSPS) is 12.4. The summed E-state index contributed by atoms with van der Waals surface area (Å²) >= 11 is 3.38. The van der Waals surface area contributed by atoms with Gasteiger partial charge in [-0.1, -0.05) is 0 Å². The van der Waals surface area contributed by atoms with Crippen LogP contribution in [0.3, 0.4) is 0 Å². The molecule has 0 heterocycles. The summed E-state index contributed by atoms with van der Waals surface area (Å²) in [6.45, 7) is 7.62. The highest BCUT2D eigenvalue weighted by atomic mass is 79.9. The van der Waals surface area contributed by atoms with E-state index < -0.39 is 0 Å². The van der Waals surface area contributed by atoms with Gasteiger partial charge < -0.3 is 10.6 Å². The van der Waals surface area contributed by atoms with Gasteiger partial charge in [-0.15, -0.1) is 0 Å². The van der Waals surface area contributed by atoms with E-state index in [9.17, 15) is 4.79 Å². The fraction of sp³-hybridized carbons (Fsp3) is 0.429. The number of carbonyl (C=O) groups is 1. The predicted molar refractivity (Wildman–Crippen MR) is 79.8 cm³/mol. The van der Waals surface area contributed by atoms with E-state index in [1.54, 1.807) is 25.1 Å². The van der Waals surface area contributed by atoms with Crippen molar-refractivity contribution in [3.63, 3.8) is 0 Å². The van der Waals surface area contributed by atoms with E-state index in [4.69, 9.17) is 5.26 Å². The molecule has 1 aromatic rings. The average Bonchev–Trinajstić information content (AvgIpc) is 2.29. The van der Waals surface area contributed by atoms with E-state index >= 15 is 0 Å². The Morgan fingerprint density at radius 3 is 2.53 bits per heavy atom. The fourth-order valence-electron chi connectivity index (χ4n) is 1.48. The van der Waals surface area contributed by atoms with Crippen molar-refractivity contribution in [3.8, 4) is 6.07 Å². The molecular formula is C14H18BrN3O. The van der Waals surface area contributed by atoms with Gasteiger partial charge in [0.15, 0.2) is 0 Å². The molecule has 0 radical (unpaired) electrons. The van der Waals surface area contributed by atoms with Gasteiger partial charge in [0, 0.05) is 15.7 Å². The van der Waals surface area contributed by atoms with Gasteiger partial charge in [-0.3, -0.25) is 4.79 Å². The number of rotatable bonds is 3. The molecule has 1 unspecified atom stereocenters. The Kier molecular flexibility index (Phi) is 4.96. The quantitative estimate of drug-likeness (QED) is 0.898. The Morgan fingerprint density at radius 1 is 1.42 bits per heavy atom. The predicted octanol–water partition coefficient (Wildman–Crippen LogP) is 3.04. The summed E-state index contributed by atoms with van der Waals surface area (Å²) in [7, 11) is 0. The van der Waals surface area contributed by atoms with Crippen molar-refractivity contribution in [1.82, 2.24) is 5.32 Å². The van der Waals surface area contributed by atoms with Crippen molar-refractivity contribution in [3.05, 3.63) is 28.2 Å². The lowest BCUT2D eigenvalue weighted by Crippen LogP contribution is -2.47. The first kappa shape index (κ1) is 15.5. The van der Waals surface area contributed by atoms with Crippen molar-refractivity contribution < 1.29 is 4.79 Å². The highest BCUT2D eigenvalue weighted by Crippen LogP contribution is 2.24.